The van der Waals surface area contributed by atoms with Crippen molar-refractivity contribution in [2.24, 2.45) is 0 Å². The number of urea groups is 1. The van der Waals surface area contributed by atoms with Crippen LogP contribution < -0.4 is 20.7 Å². The molecule has 0 spiro atoms. The quantitative estimate of drug-likeness (QED) is 0.672. The molecule has 0 heterocycles. The van der Waals surface area contributed by atoms with E-state index in [4.69, 9.17) is 4.74 Å². The maximum absolute atomic E-state index is 11.4. The lowest BCUT2D eigenvalue weighted by atomic mass is 10.3. The predicted molar refractivity (Wildman–Crippen MR) is 73.2 cm³/mol. The average molecular weight is 263 g/mol. The van der Waals surface area contributed by atoms with Crippen molar-refractivity contribution in [3.8, 4) is 5.75 Å². The molecule has 0 saturated carbocycles. The lowest BCUT2D eigenvalue weighted by Gasteiger charge is -2.07. The molecule has 1 rings (SSSR count). The highest BCUT2D eigenvalue weighted by Gasteiger charge is 2.07. The Balaban J connectivity index is 2.32. The molecule has 19 heavy (non-hydrogen) atoms. The van der Waals surface area contributed by atoms with E-state index >= 15 is 0 Å². The van der Waals surface area contributed by atoms with E-state index in [1.54, 1.807) is 12.1 Å². The molecule has 0 unspecified atom stereocenters. The summed E-state index contributed by atoms with van der Waals surface area (Å²) < 4.78 is 5.23. The minimum absolute atomic E-state index is 0.222. The van der Waals surface area contributed by atoms with Crippen LogP contribution in [0, 0.1) is 0 Å². The van der Waals surface area contributed by atoms with Crippen molar-refractivity contribution in [1.29, 1.82) is 0 Å². The summed E-state index contributed by atoms with van der Waals surface area (Å²) in [7, 11) is 1.81. The number of amides is 3. The first-order valence-corrected chi connectivity index (χ1v) is 5.75. The molecule has 0 radical (unpaired) electrons. The Hall–Kier alpha value is -2.50. The molecular formula is C13H17N3O3. The van der Waals surface area contributed by atoms with Crippen molar-refractivity contribution in [3.63, 3.8) is 0 Å². The van der Waals surface area contributed by atoms with Gasteiger partial charge in [0.1, 0.15) is 5.75 Å². The van der Waals surface area contributed by atoms with Crippen LogP contribution in [0.2, 0.25) is 0 Å². The predicted octanol–water partition coefficient (Wildman–Crippen LogP) is 1.12. The molecule has 0 atom stereocenters. The second-order valence-electron chi connectivity index (χ2n) is 3.61. The van der Waals surface area contributed by atoms with Gasteiger partial charge >= 0.3 is 6.03 Å². The molecule has 0 aliphatic carbocycles. The van der Waals surface area contributed by atoms with E-state index in [1.807, 2.05) is 19.2 Å². The van der Waals surface area contributed by atoms with Crippen LogP contribution in [0.4, 0.5) is 10.5 Å². The number of ether oxygens (including phenoxy) is 1. The normalized spacial score (nSPS) is 9.32. The number of anilines is 1. The summed E-state index contributed by atoms with van der Waals surface area (Å²) in [6.45, 7) is 3.52. The molecule has 1 aromatic rings. The summed E-state index contributed by atoms with van der Waals surface area (Å²) >= 11 is 0. The lowest BCUT2D eigenvalue weighted by Crippen LogP contribution is -2.41. The zero-order valence-electron chi connectivity index (χ0n) is 10.7. The molecule has 6 heteroatoms. The number of hydrogen-bond acceptors (Lipinski definition) is 4. The van der Waals surface area contributed by atoms with Crippen LogP contribution in [-0.4, -0.2) is 32.1 Å². The standard InChI is InChI=1S/C13H17N3O3/c1-3-8-15-13(18)16-12(17)9-19-11-6-4-10(14-2)5-7-11/h3-7,14H,1,8-9H2,2H3,(H2,15,16,17,18). The molecule has 102 valence electrons. The van der Waals surface area contributed by atoms with Crippen molar-refractivity contribution in [2.75, 3.05) is 25.5 Å². The summed E-state index contributed by atoms with van der Waals surface area (Å²) in [6, 6.07) is 6.54. The minimum Gasteiger partial charge on any atom is -0.484 e. The first kappa shape index (κ1) is 14.6. The van der Waals surface area contributed by atoms with Gasteiger partial charge in [-0.2, -0.15) is 0 Å². The molecule has 1 aromatic carbocycles. The Morgan fingerprint density at radius 1 is 1.32 bits per heavy atom. The molecule has 0 aliphatic rings. The van der Waals surface area contributed by atoms with E-state index in [0.29, 0.717) is 12.3 Å². The highest BCUT2D eigenvalue weighted by atomic mass is 16.5. The van der Waals surface area contributed by atoms with Gasteiger partial charge in [0, 0.05) is 19.3 Å². The maximum atomic E-state index is 11.4. The summed E-state index contributed by atoms with van der Waals surface area (Å²) in [5.41, 5.74) is 0.945. The largest absolute Gasteiger partial charge is 0.484 e. The van der Waals surface area contributed by atoms with E-state index in [0.717, 1.165) is 5.69 Å². The van der Waals surface area contributed by atoms with Gasteiger partial charge in [0.15, 0.2) is 6.61 Å². The fourth-order valence-corrected chi connectivity index (χ4v) is 1.24. The Morgan fingerprint density at radius 2 is 2.00 bits per heavy atom. The lowest BCUT2D eigenvalue weighted by molar-refractivity contribution is -0.122. The molecular weight excluding hydrogens is 246 g/mol. The van der Waals surface area contributed by atoms with E-state index in [9.17, 15) is 9.59 Å². The molecule has 0 aromatic heterocycles. The Morgan fingerprint density at radius 3 is 2.58 bits per heavy atom. The van der Waals surface area contributed by atoms with Crippen LogP contribution in [-0.2, 0) is 4.79 Å². The maximum Gasteiger partial charge on any atom is 0.321 e. The van der Waals surface area contributed by atoms with Gasteiger partial charge in [-0.25, -0.2) is 4.79 Å². The molecule has 6 nitrogen and oxygen atoms in total. The zero-order valence-corrected chi connectivity index (χ0v) is 10.7. The third-order valence-corrected chi connectivity index (χ3v) is 2.17. The second kappa shape index (κ2) is 7.75. The van der Waals surface area contributed by atoms with E-state index < -0.39 is 11.9 Å². The van der Waals surface area contributed by atoms with Crippen molar-refractivity contribution in [3.05, 3.63) is 36.9 Å². The molecule has 0 bridgehead atoms. The average Bonchev–Trinajstić information content (AvgIpc) is 2.43. The van der Waals surface area contributed by atoms with Crippen LogP contribution in [0.15, 0.2) is 36.9 Å². The first-order valence-electron chi connectivity index (χ1n) is 5.75. The fraction of sp³-hybridized carbons (Fsp3) is 0.231. The summed E-state index contributed by atoms with van der Waals surface area (Å²) in [6.07, 6.45) is 1.52. The fourth-order valence-electron chi connectivity index (χ4n) is 1.24. The van der Waals surface area contributed by atoms with Gasteiger partial charge in [-0.3, -0.25) is 10.1 Å². The smallest absolute Gasteiger partial charge is 0.321 e. The molecule has 0 fully saturated rings. The first-order chi connectivity index (χ1) is 9.15. The monoisotopic (exact) mass is 263 g/mol. The Bertz CT molecular complexity index is 443. The van der Waals surface area contributed by atoms with Crippen molar-refractivity contribution < 1.29 is 14.3 Å². The van der Waals surface area contributed by atoms with E-state index in [-0.39, 0.29) is 6.61 Å². The third kappa shape index (κ3) is 5.58. The minimum atomic E-state index is -0.570. The number of carbonyl (C=O) groups is 2. The van der Waals surface area contributed by atoms with E-state index in [2.05, 4.69) is 22.5 Å². The number of hydrogen-bond donors (Lipinski definition) is 3. The van der Waals surface area contributed by atoms with Crippen LogP contribution in [0.1, 0.15) is 0 Å². The zero-order chi connectivity index (χ0) is 14.1. The van der Waals surface area contributed by atoms with Gasteiger partial charge in [0.25, 0.3) is 5.91 Å². The summed E-state index contributed by atoms with van der Waals surface area (Å²) in [4.78, 5) is 22.5. The Labute approximate surface area is 111 Å². The third-order valence-electron chi connectivity index (χ3n) is 2.17. The number of benzene rings is 1. The highest BCUT2D eigenvalue weighted by molar-refractivity contribution is 5.95. The Kier molecular flexibility index (Phi) is 5.94. The summed E-state index contributed by atoms with van der Waals surface area (Å²) in [5.74, 6) is 0.0416. The molecule has 3 N–H and O–H groups in total. The topological polar surface area (TPSA) is 79.5 Å². The van der Waals surface area contributed by atoms with Gasteiger partial charge < -0.3 is 15.4 Å². The van der Waals surface area contributed by atoms with Gasteiger partial charge in [-0.15, -0.1) is 6.58 Å². The van der Waals surface area contributed by atoms with Gasteiger partial charge in [-0.05, 0) is 24.3 Å². The van der Waals surface area contributed by atoms with Crippen LogP contribution in [0.25, 0.3) is 0 Å². The number of nitrogens with one attached hydrogen (secondary N) is 3. The molecule has 3 amide bonds. The van der Waals surface area contributed by atoms with Crippen LogP contribution in [0.5, 0.6) is 5.75 Å². The van der Waals surface area contributed by atoms with Crippen LogP contribution >= 0.6 is 0 Å². The number of imide groups is 1. The SMILES string of the molecule is C=CCNC(=O)NC(=O)COc1ccc(NC)cc1. The highest BCUT2D eigenvalue weighted by Crippen LogP contribution is 2.14. The van der Waals surface area contributed by atoms with Gasteiger partial charge in [-0.1, -0.05) is 6.08 Å². The second-order valence-corrected chi connectivity index (χ2v) is 3.61. The molecule has 0 saturated heterocycles. The van der Waals surface area contributed by atoms with Gasteiger partial charge in [0.05, 0.1) is 0 Å². The molecule has 0 aliphatic heterocycles. The van der Waals surface area contributed by atoms with Gasteiger partial charge in [0.2, 0.25) is 0 Å². The van der Waals surface area contributed by atoms with Crippen molar-refractivity contribution >= 4 is 17.6 Å². The number of carbonyl (C=O) groups excluding carboxylic acids is 2. The summed E-state index contributed by atoms with van der Waals surface area (Å²) in [5, 5.41) is 7.53. The van der Waals surface area contributed by atoms with E-state index in [1.165, 1.54) is 6.08 Å². The van der Waals surface area contributed by atoms with Crippen molar-refractivity contribution in [1.82, 2.24) is 10.6 Å². The van der Waals surface area contributed by atoms with Crippen LogP contribution in [0.3, 0.4) is 0 Å². The van der Waals surface area contributed by atoms with Crippen molar-refractivity contribution in [2.45, 2.75) is 0 Å². The number of rotatable bonds is 6.